The second-order valence-electron chi connectivity index (χ2n) is 5.86. The molecule has 0 spiro atoms. The molecule has 0 radical (unpaired) electrons. The Morgan fingerprint density at radius 2 is 1.84 bits per heavy atom. The Labute approximate surface area is 116 Å². The second kappa shape index (κ2) is 6.52. The second-order valence-corrected chi connectivity index (χ2v) is 7.85. The Kier molecular flexibility index (Phi) is 5.22. The van der Waals surface area contributed by atoms with Crippen LogP contribution in [0.5, 0.6) is 0 Å². The number of rotatable bonds is 4. The fourth-order valence-electron chi connectivity index (χ4n) is 3.20. The van der Waals surface area contributed by atoms with Gasteiger partial charge in [-0.15, -0.1) is 0 Å². The monoisotopic (exact) mass is 290 g/mol. The summed E-state index contributed by atoms with van der Waals surface area (Å²) in [7, 11) is -1.63. The third-order valence-corrected chi connectivity index (χ3v) is 6.53. The van der Waals surface area contributed by atoms with Crippen molar-refractivity contribution in [3.8, 4) is 0 Å². The first-order valence-corrected chi connectivity index (χ1v) is 8.79. The normalized spacial score (nSPS) is 27.8. The zero-order valence-electron chi connectivity index (χ0n) is 11.8. The standard InChI is InChI=1S/C13H26N2O3S/c1-14(13-7-3-2-4-8-13)19(17,18)15-9-5-6-12(10-15)11-16/h12-13,16H,2-11H2,1H3. The van der Waals surface area contributed by atoms with E-state index in [4.69, 9.17) is 0 Å². The van der Waals surface area contributed by atoms with E-state index in [9.17, 15) is 13.5 Å². The minimum atomic E-state index is -3.35. The van der Waals surface area contributed by atoms with Crippen molar-refractivity contribution >= 4 is 10.2 Å². The summed E-state index contributed by atoms with van der Waals surface area (Å²) < 4.78 is 28.4. The SMILES string of the molecule is CN(C1CCCCC1)S(=O)(=O)N1CCCC(CO)C1. The molecule has 112 valence electrons. The molecule has 2 rings (SSSR count). The molecule has 1 aliphatic carbocycles. The first-order chi connectivity index (χ1) is 9.05. The van der Waals surface area contributed by atoms with Crippen LogP contribution in [0.2, 0.25) is 0 Å². The Hall–Kier alpha value is -0.170. The molecule has 0 amide bonds. The van der Waals surface area contributed by atoms with Gasteiger partial charge in [0.15, 0.2) is 0 Å². The van der Waals surface area contributed by atoms with Crippen LogP contribution in [0.25, 0.3) is 0 Å². The lowest BCUT2D eigenvalue weighted by molar-refractivity contribution is 0.158. The maximum absolute atomic E-state index is 12.6. The lowest BCUT2D eigenvalue weighted by atomic mass is 9.96. The zero-order chi connectivity index (χ0) is 13.9. The average molecular weight is 290 g/mol. The van der Waals surface area contributed by atoms with Gasteiger partial charge < -0.3 is 5.11 Å². The van der Waals surface area contributed by atoms with Crippen molar-refractivity contribution in [3.05, 3.63) is 0 Å². The van der Waals surface area contributed by atoms with Crippen LogP contribution in [0.3, 0.4) is 0 Å². The number of nitrogens with zero attached hydrogens (tertiary/aromatic N) is 2. The molecule has 6 heteroatoms. The summed E-state index contributed by atoms with van der Waals surface area (Å²) in [6.45, 7) is 1.14. The summed E-state index contributed by atoms with van der Waals surface area (Å²) in [5.41, 5.74) is 0. The summed E-state index contributed by atoms with van der Waals surface area (Å²) >= 11 is 0. The quantitative estimate of drug-likeness (QED) is 0.846. The Balaban J connectivity index is 2.03. The van der Waals surface area contributed by atoms with E-state index in [0.717, 1.165) is 38.5 Å². The largest absolute Gasteiger partial charge is 0.396 e. The lowest BCUT2D eigenvalue weighted by Crippen LogP contribution is -2.50. The van der Waals surface area contributed by atoms with Gasteiger partial charge in [-0.25, -0.2) is 0 Å². The molecule has 1 N–H and O–H groups in total. The van der Waals surface area contributed by atoms with E-state index in [-0.39, 0.29) is 18.6 Å². The van der Waals surface area contributed by atoms with Crippen molar-refractivity contribution in [1.82, 2.24) is 8.61 Å². The Bertz CT molecular complexity index is 371. The molecule has 0 aromatic carbocycles. The topological polar surface area (TPSA) is 60.9 Å². The van der Waals surface area contributed by atoms with Gasteiger partial charge in [0.05, 0.1) is 0 Å². The molecule has 2 aliphatic rings. The number of aliphatic hydroxyl groups excluding tert-OH is 1. The summed E-state index contributed by atoms with van der Waals surface area (Å²) in [6, 6.07) is 0.160. The smallest absolute Gasteiger partial charge is 0.281 e. The van der Waals surface area contributed by atoms with Crippen LogP contribution in [-0.2, 0) is 10.2 Å². The van der Waals surface area contributed by atoms with Crippen LogP contribution in [0.15, 0.2) is 0 Å². The highest BCUT2D eigenvalue weighted by molar-refractivity contribution is 7.86. The third-order valence-electron chi connectivity index (χ3n) is 4.52. The van der Waals surface area contributed by atoms with Crippen LogP contribution >= 0.6 is 0 Å². The molecule has 19 heavy (non-hydrogen) atoms. The lowest BCUT2D eigenvalue weighted by Gasteiger charge is -2.37. The first-order valence-electron chi connectivity index (χ1n) is 7.39. The third kappa shape index (κ3) is 3.48. The van der Waals surface area contributed by atoms with Crippen LogP contribution in [0.1, 0.15) is 44.9 Å². The highest BCUT2D eigenvalue weighted by Gasteiger charge is 2.35. The van der Waals surface area contributed by atoms with Crippen molar-refractivity contribution < 1.29 is 13.5 Å². The predicted octanol–water partition coefficient (Wildman–Crippen LogP) is 1.20. The summed E-state index contributed by atoms with van der Waals surface area (Å²) in [6.07, 6.45) is 7.22. The van der Waals surface area contributed by atoms with Gasteiger partial charge in [-0.05, 0) is 31.6 Å². The van der Waals surface area contributed by atoms with Gasteiger partial charge >= 0.3 is 0 Å². The molecule has 0 aromatic heterocycles. The van der Waals surface area contributed by atoms with Crippen LogP contribution in [0, 0.1) is 5.92 Å². The van der Waals surface area contributed by atoms with E-state index in [1.54, 1.807) is 15.7 Å². The number of hydrogen-bond donors (Lipinski definition) is 1. The van der Waals surface area contributed by atoms with Crippen molar-refractivity contribution in [1.29, 1.82) is 0 Å². The molecule has 5 nitrogen and oxygen atoms in total. The van der Waals surface area contributed by atoms with Gasteiger partial charge in [-0.1, -0.05) is 19.3 Å². The fraction of sp³-hybridized carbons (Fsp3) is 1.00. The van der Waals surface area contributed by atoms with Crippen molar-refractivity contribution in [2.75, 3.05) is 26.7 Å². The molecule has 1 saturated carbocycles. The maximum atomic E-state index is 12.6. The minimum Gasteiger partial charge on any atom is -0.396 e. The van der Waals surface area contributed by atoms with E-state index in [2.05, 4.69) is 0 Å². The Morgan fingerprint density at radius 3 is 2.47 bits per heavy atom. The van der Waals surface area contributed by atoms with Gasteiger partial charge in [-0.3, -0.25) is 0 Å². The molecule has 1 unspecified atom stereocenters. The molecular weight excluding hydrogens is 264 g/mol. The molecular formula is C13H26N2O3S. The van der Waals surface area contributed by atoms with Crippen LogP contribution in [-0.4, -0.2) is 54.9 Å². The molecule has 1 aliphatic heterocycles. The number of hydrogen-bond acceptors (Lipinski definition) is 3. The van der Waals surface area contributed by atoms with E-state index in [0.29, 0.717) is 13.1 Å². The van der Waals surface area contributed by atoms with E-state index in [1.807, 2.05) is 0 Å². The number of aliphatic hydroxyl groups is 1. The zero-order valence-corrected chi connectivity index (χ0v) is 12.6. The molecule has 1 heterocycles. The molecule has 0 aromatic rings. The molecule has 1 atom stereocenters. The van der Waals surface area contributed by atoms with Crippen molar-refractivity contribution in [3.63, 3.8) is 0 Å². The molecule has 0 bridgehead atoms. The minimum absolute atomic E-state index is 0.0825. The number of piperidine rings is 1. The van der Waals surface area contributed by atoms with E-state index >= 15 is 0 Å². The fourth-order valence-corrected chi connectivity index (χ4v) is 4.91. The van der Waals surface area contributed by atoms with Gasteiger partial charge in [0.2, 0.25) is 0 Å². The molecule has 2 fully saturated rings. The van der Waals surface area contributed by atoms with Crippen molar-refractivity contribution in [2.24, 2.45) is 5.92 Å². The molecule has 1 saturated heterocycles. The van der Waals surface area contributed by atoms with Gasteiger partial charge in [0, 0.05) is 32.8 Å². The van der Waals surface area contributed by atoms with Crippen LogP contribution < -0.4 is 0 Å². The van der Waals surface area contributed by atoms with E-state index in [1.165, 1.54) is 6.42 Å². The summed E-state index contributed by atoms with van der Waals surface area (Å²) in [5, 5.41) is 9.23. The highest BCUT2D eigenvalue weighted by Crippen LogP contribution is 2.27. The maximum Gasteiger partial charge on any atom is 0.281 e. The summed E-state index contributed by atoms with van der Waals surface area (Å²) in [5.74, 6) is 0.100. The first kappa shape index (κ1) is 15.2. The van der Waals surface area contributed by atoms with Crippen LogP contribution in [0.4, 0.5) is 0 Å². The van der Waals surface area contributed by atoms with E-state index < -0.39 is 10.2 Å². The predicted molar refractivity (Wildman–Crippen MR) is 74.9 cm³/mol. The Morgan fingerprint density at radius 1 is 1.16 bits per heavy atom. The van der Waals surface area contributed by atoms with Gasteiger partial charge in [-0.2, -0.15) is 17.0 Å². The van der Waals surface area contributed by atoms with Gasteiger partial charge in [0.25, 0.3) is 10.2 Å². The van der Waals surface area contributed by atoms with Crippen molar-refractivity contribution in [2.45, 2.75) is 51.0 Å². The average Bonchev–Trinajstić information content (AvgIpc) is 2.47. The summed E-state index contributed by atoms with van der Waals surface area (Å²) in [4.78, 5) is 0. The highest BCUT2D eigenvalue weighted by atomic mass is 32.2. The van der Waals surface area contributed by atoms with Gasteiger partial charge in [0.1, 0.15) is 0 Å².